The van der Waals surface area contributed by atoms with Crippen LogP contribution in [0.3, 0.4) is 0 Å². The lowest BCUT2D eigenvalue weighted by Gasteiger charge is -2.11. The number of hydrogen-bond donors (Lipinski definition) is 1. The minimum Gasteiger partial charge on any atom is -0.497 e. The topological polar surface area (TPSA) is 81.4 Å². The van der Waals surface area contributed by atoms with Crippen LogP contribution in [0.4, 0.5) is 13.2 Å². The molecule has 0 bridgehead atoms. The van der Waals surface area contributed by atoms with Crippen LogP contribution in [0.5, 0.6) is 5.75 Å². The molecule has 0 unspecified atom stereocenters. The highest BCUT2D eigenvalue weighted by Crippen LogP contribution is 2.31. The summed E-state index contributed by atoms with van der Waals surface area (Å²) in [5.41, 5.74) is 4.00. The Bertz CT molecular complexity index is 1400. The first kappa shape index (κ1) is 26.0. The van der Waals surface area contributed by atoms with Crippen LogP contribution in [0.2, 0.25) is 0 Å². The van der Waals surface area contributed by atoms with Crippen molar-refractivity contribution in [2.24, 2.45) is 5.10 Å². The van der Waals surface area contributed by atoms with Gasteiger partial charge < -0.3 is 4.74 Å². The molecule has 0 aliphatic carbocycles. The second-order valence-electron chi connectivity index (χ2n) is 7.87. The Balaban J connectivity index is 1.51. The third-order valence-corrected chi connectivity index (χ3v) is 6.19. The molecule has 7 nitrogen and oxygen atoms in total. The number of amides is 1. The first-order valence-corrected chi connectivity index (χ1v) is 12.0. The third kappa shape index (κ3) is 6.36. The van der Waals surface area contributed by atoms with Gasteiger partial charge in [-0.15, -0.1) is 10.2 Å². The molecule has 0 radical (unpaired) electrons. The van der Waals surface area contributed by atoms with Crippen LogP contribution in [0.1, 0.15) is 16.7 Å². The van der Waals surface area contributed by atoms with Gasteiger partial charge in [-0.05, 0) is 37.3 Å². The molecule has 0 saturated carbocycles. The summed E-state index contributed by atoms with van der Waals surface area (Å²) in [5.74, 6) is 0.689. The van der Waals surface area contributed by atoms with E-state index in [0.29, 0.717) is 16.7 Å². The van der Waals surface area contributed by atoms with E-state index in [2.05, 4.69) is 20.7 Å². The number of halogens is 3. The van der Waals surface area contributed by atoms with Gasteiger partial charge in [0.1, 0.15) is 5.75 Å². The van der Waals surface area contributed by atoms with Crippen molar-refractivity contribution in [1.29, 1.82) is 0 Å². The van der Waals surface area contributed by atoms with Crippen LogP contribution >= 0.6 is 11.8 Å². The number of rotatable bonds is 8. The van der Waals surface area contributed by atoms with Crippen molar-refractivity contribution in [3.63, 3.8) is 0 Å². The molecule has 190 valence electrons. The number of carbonyl (C=O) groups is 1. The van der Waals surface area contributed by atoms with E-state index in [1.54, 1.807) is 7.11 Å². The molecule has 1 heterocycles. The van der Waals surface area contributed by atoms with E-state index >= 15 is 0 Å². The highest BCUT2D eigenvalue weighted by atomic mass is 32.2. The molecule has 4 rings (SSSR count). The molecule has 37 heavy (non-hydrogen) atoms. The Morgan fingerprint density at radius 2 is 1.76 bits per heavy atom. The van der Waals surface area contributed by atoms with Gasteiger partial charge in [-0.2, -0.15) is 18.3 Å². The monoisotopic (exact) mass is 525 g/mol. The molecule has 0 saturated heterocycles. The molecule has 0 fully saturated rings. The molecule has 0 spiro atoms. The first-order valence-electron chi connectivity index (χ1n) is 11.0. The molecular weight excluding hydrogens is 503 g/mol. The van der Waals surface area contributed by atoms with Gasteiger partial charge in [0, 0.05) is 16.8 Å². The van der Waals surface area contributed by atoms with Crippen LogP contribution in [-0.2, 0) is 11.0 Å². The quantitative estimate of drug-likeness (QED) is 0.186. The maximum Gasteiger partial charge on any atom is 0.417 e. The standard InChI is InChI=1S/C26H22F3N5O2S/c1-17-7-9-18(10-8-17)24-32-33-25(34(24)20-11-13-21(36-2)14-12-20)37-16-23(35)31-30-15-19-5-3-4-6-22(19)26(27,28)29/h3-15H,16H2,1-2H3,(H,31,35). The predicted molar refractivity (Wildman–Crippen MR) is 136 cm³/mol. The minimum atomic E-state index is -4.52. The molecule has 0 aliphatic rings. The molecule has 1 amide bonds. The van der Waals surface area contributed by atoms with Gasteiger partial charge in [0.05, 0.1) is 24.6 Å². The number of nitrogens with zero attached hydrogens (tertiary/aromatic N) is 4. The lowest BCUT2D eigenvalue weighted by Crippen LogP contribution is -2.20. The maximum absolute atomic E-state index is 13.1. The lowest BCUT2D eigenvalue weighted by atomic mass is 10.1. The summed E-state index contributed by atoms with van der Waals surface area (Å²) >= 11 is 1.12. The van der Waals surface area contributed by atoms with Crippen molar-refractivity contribution in [2.45, 2.75) is 18.3 Å². The molecule has 0 aliphatic heterocycles. The fraction of sp³-hybridized carbons (Fsp3) is 0.154. The van der Waals surface area contributed by atoms with Crippen molar-refractivity contribution in [2.75, 3.05) is 12.9 Å². The van der Waals surface area contributed by atoms with Crippen molar-refractivity contribution in [1.82, 2.24) is 20.2 Å². The summed E-state index contributed by atoms with van der Waals surface area (Å²) < 4.78 is 46.5. The Labute approximate surface area is 215 Å². The van der Waals surface area contributed by atoms with E-state index in [1.165, 1.54) is 18.2 Å². The van der Waals surface area contributed by atoms with E-state index in [9.17, 15) is 18.0 Å². The molecule has 11 heteroatoms. The predicted octanol–water partition coefficient (Wildman–Crippen LogP) is 5.51. The smallest absolute Gasteiger partial charge is 0.417 e. The minimum absolute atomic E-state index is 0.0829. The average molecular weight is 526 g/mol. The fourth-order valence-corrected chi connectivity index (χ4v) is 4.17. The molecule has 3 aromatic carbocycles. The summed E-state index contributed by atoms with van der Waals surface area (Å²) in [6.45, 7) is 1.99. The Morgan fingerprint density at radius 1 is 1.05 bits per heavy atom. The van der Waals surface area contributed by atoms with E-state index in [1.807, 2.05) is 60.0 Å². The summed E-state index contributed by atoms with van der Waals surface area (Å²) in [7, 11) is 1.58. The number of hydrogen-bond acceptors (Lipinski definition) is 6. The molecule has 1 aromatic heterocycles. The molecular formula is C26H22F3N5O2S. The van der Waals surface area contributed by atoms with Crippen molar-refractivity contribution in [3.8, 4) is 22.8 Å². The van der Waals surface area contributed by atoms with Gasteiger partial charge in [0.2, 0.25) is 0 Å². The third-order valence-electron chi connectivity index (χ3n) is 5.27. The number of aromatic nitrogens is 3. The van der Waals surface area contributed by atoms with E-state index in [4.69, 9.17) is 4.74 Å². The van der Waals surface area contributed by atoms with Gasteiger partial charge in [-0.1, -0.05) is 59.8 Å². The van der Waals surface area contributed by atoms with Crippen LogP contribution in [0, 0.1) is 6.92 Å². The fourth-order valence-electron chi connectivity index (χ4n) is 3.42. The van der Waals surface area contributed by atoms with Crippen LogP contribution in [0.25, 0.3) is 17.1 Å². The normalized spacial score (nSPS) is 11.6. The first-order chi connectivity index (χ1) is 17.8. The number of alkyl halides is 3. The van der Waals surface area contributed by atoms with Gasteiger partial charge in [0.15, 0.2) is 11.0 Å². The van der Waals surface area contributed by atoms with Crippen LogP contribution in [0.15, 0.2) is 83.1 Å². The molecule has 4 aromatic rings. The highest BCUT2D eigenvalue weighted by molar-refractivity contribution is 7.99. The number of nitrogens with one attached hydrogen (secondary N) is 1. The number of benzene rings is 3. The van der Waals surface area contributed by atoms with Gasteiger partial charge in [0.25, 0.3) is 5.91 Å². The number of thioether (sulfide) groups is 1. The van der Waals surface area contributed by atoms with E-state index in [-0.39, 0.29) is 11.3 Å². The number of ether oxygens (including phenoxy) is 1. The Hall–Kier alpha value is -4.12. The van der Waals surface area contributed by atoms with E-state index in [0.717, 1.165) is 40.9 Å². The van der Waals surface area contributed by atoms with E-state index < -0.39 is 17.6 Å². The number of aryl methyl sites for hydroxylation is 1. The summed E-state index contributed by atoms with van der Waals surface area (Å²) in [4.78, 5) is 12.4. The summed E-state index contributed by atoms with van der Waals surface area (Å²) in [6, 6.07) is 20.1. The van der Waals surface area contributed by atoms with Crippen molar-refractivity contribution >= 4 is 23.9 Å². The van der Waals surface area contributed by atoms with Gasteiger partial charge in [-0.3, -0.25) is 9.36 Å². The molecule has 1 N–H and O–H groups in total. The summed E-state index contributed by atoms with van der Waals surface area (Å²) in [6.07, 6.45) is -3.55. The number of hydrazone groups is 1. The lowest BCUT2D eigenvalue weighted by molar-refractivity contribution is -0.137. The average Bonchev–Trinajstić information content (AvgIpc) is 3.31. The maximum atomic E-state index is 13.1. The van der Waals surface area contributed by atoms with Crippen LogP contribution < -0.4 is 10.2 Å². The SMILES string of the molecule is COc1ccc(-n2c(SCC(=O)NN=Cc3ccccc3C(F)(F)F)nnc2-c2ccc(C)cc2)cc1. The van der Waals surface area contributed by atoms with Crippen LogP contribution in [-0.4, -0.2) is 39.7 Å². The van der Waals surface area contributed by atoms with Gasteiger partial charge >= 0.3 is 6.18 Å². The second-order valence-corrected chi connectivity index (χ2v) is 8.82. The highest BCUT2D eigenvalue weighted by Gasteiger charge is 2.32. The molecule has 0 atom stereocenters. The van der Waals surface area contributed by atoms with Crippen molar-refractivity contribution in [3.05, 3.63) is 89.5 Å². The largest absolute Gasteiger partial charge is 0.497 e. The van der Waals surface area contributed by atoms with Crippen molar-refractivity contribution < 1.29 is 22.7 Å². The number of methoxy groups -OCH3 is 1. The number of carbonyl (C=O) groups excluding carboxylic acids is 1. The zero-order chi connectivity index (χ0) is 26.4. The zero-order valence-electron chi connectivity index (χ0n) is 19.9. The Morgan fingerprint density at radius 3 is 2.43 bits per heavy atom. The summed E-state index contributed by atoms with van der Waals surface area (Å²) in [5, 5.41) is 12.8. The Kier molecular flexibility index (Phi) is 7.92. The zero-order valence-corrected chi connectivity index (χ0v) is 20.7. The second kappa shape index (κ2) is 11.3. The van der Waals surface area contributed by atoms with Gasteiger partial charge in [-0.25, -0.2) is 5.43 Å².